The van der Waals surface area contributed by atoms with Crippen molar-refractivity contribution >= 4 is 40.5 Å². The SMILES string of the molecule is CC(=O)Nc1ccc(NC(=O)COC(=O)c2sc(C)nc2C)cc1. The molecule has 24 heavy (non-hydrogen) atoms. The molecule has 126 valence electrons. The van der Waals surface area contributed by atoms with Crippen molar-refractivity contribution in [1.29, 1.82) is 0 Å². The van der Waals surface area contributed by atoms with Crippen LogP contribution in [0.15, 0.2) is 24.3 Å². The van der Waals surface area contributed by atoms with Gasteiger partial charge < -0.3 is 15.4 Å². The molecule has 0 atom stereocenters. The average molecular weight is 347 g/mol. The number of amides is 2. The Morgan fingerprint density at radius 1 is 1.08 bits per heavy atom. The van der Waals surface area contributed by atoms with Gasteiger partial charge in [0.2, 0.25) is 5.91 Å². The molecule has 1 heterocycles. The molecule has 0 radical (unpaired) electrons. The van der Waals surface area contributed by atoms with Crippen LogP contribution in [0.5, 0.6) is 0 Å². The number of thiazole rings is 1. The van der Waals surface area contributed by atoms with E-state index < -0.39 is 11.9 Å². The number of hydrogen-bond acceptors (Lipinski definition) is 6. The number of esters is 1. The molecule has 2 rings (SSSR count). The molecule has 2 amide bonds. The maximum atomic E-state index is 11.9. The number of benzene rings is 1. The molecule has 0 aliphatic rings. The van der Waals surface area contributed by atoms with Gasteiger partial charge in [0.15, 0.2) is 6.61 Å². The van der Waals surface area contributed by atoms with Gasteiger partial charge in [0, 0.05) is 18.3 Å². The number of carbonyl (C=O) groups is 3. The molecule has 2 N–H and O–H groups in total. The summed E-state index contributed by atoms with van der Waals surface area (Å²) >= 11 is 1.23. The summed E-state index contributed by atoms with van der Waals surface area (Å²) in [5.74, 6) is -1.18. The molecule has 0 saturated carbocycles. The van der Waals surface area contributed by atoms with Gasteiger partial charge in [-0.2, -0.15) is 0 Å². The number of rotatable bonds is 5. The first-order chi connectivity index (χ1) is 11.3. The van der Waals surface area contributed by atoms with E-state index >= 15 is 0 Å². The van der Waals surface area contributed by atoms with Gasteiger partial charge >= 0.3 is 5.97 Å². The van der Waals surface area contributed by atoms with Gasteiger partial charge in [-0.25, -0.2) is 9.78 Å². The van der Waals surface area contributed by atoms with E-state index in [4.69, 9.17) is 4.74 Å². The first-order valence-corrected chi connectivity index (χ1v) is 7.95. The van der Waals surface area contributed by atoms with Gasteiger partial charge in [-0.1, -0.05) is 0 Å². The highest BCUT2D eigenvalue weighted by atomic mass is 32.1. The van der Waals surface area contributed by atoms with Crippen LogP contribution in [0.2, 0.25) is 0 Å². The van der Waals surface area contributed by atoms with E-state index in [9.17, 15) is 14.4 Å². The number of aromatic nitrogens is 1. The first-order valence-electron chi connectivity index (χ1n) is 7.14. The van der Waals surface area contributed by atoms with Crippen molar-refractivity contribution in [3.63, 3.8) is 0 Å². The lowest BCUT2D eigenvalue weighted by Crippen LogP contribution is -2.20. The zero-order valence-electron chi connectivity index (χ0n) is 13.5. The minimum absolute atomic E-state index is 0.174. The van der Waals surface area contributed by atoms with Crippen LogP contribution < -0.4 is 10.6 Å². The maximum absolute atomic E-state index is 11.9. The Morgan fingerprint density at radius 2 is 1.67 bits per heavy atom. The second-order valence-corrected chi connectivity index (χ2v) is 6.23. The second kappa shape index (κ2) is 7.69. The number of hydrogen-bond donors (Lipinski definition) is 2. The van der Waals surface area contributed by atoms with Crippen molar-refractivity contribution in [3.8, 4) is 0 Å². The number of aryl methyl sites for hydroxylation is 2. The van der Waals surface area contributed by atoms with E-state index in [1.165, 1.54) is 18.3 Å². The van der Waals surface area contributed by atoms with Gasteiger partial charge in [-0.3, -0.25) is 9.59 Å². The van der Waals surface area contributed by atoms with Crippen LogP contribution in [0.25, 0.3) is 0 Å². The van der Waals surface area contributed by atoms with E-state index in [0.29, 0.717) is 21.9 Å². The summed E-state index contributed by atoms with van der Waals surface area (Å²) in [6.07, 6.45) is 0. The third-order valence-corrected chi connectivity index (χ3v) is 3.97. The molecular weight excluding hydrogens is 330 g/mol. The first kappa shape index (κ1) is 17.6. The Labute approximate surface area is 143 Å². The van der Waals surface area contributed by atoms with Gasteiger partial charge in [-0.15, -0.1) is 11.3 Å². The fourth-order valence-corrected chi connectivity index (χ4v) is 2.77. The highest BCUT2D eigenvalue weighted by molar-refractivity contribution is 7.13. The Hall–Kier alpha value is -2.74. The van der Waals surface area contributed by atoms with Crippen LogP contribution in [-0.2, 0) is 14.3 Å². The standard InChI is InChI=1S/C16H17N3O4S/c1-9-15(24-11(3)17-9)16(22)23-8-14(21)19-13-6-4-12(5-7-13)18-10(2)20/h4-7H,8H2,1-3H3,(H,18,20)(H,19,21). The van der Waals surface area contributed by atoms with E-state index in [1.807, 2.05) is 0 Å². The van der Waals surface area contributed by atoms with Crippen LogP contribution in [0, 0.1) is 13.8 Å². The number of nitrogens with zero attached hydrogens (tertiary/aromatic N) is 1. The molecule has 0 saturated heterocycles. The Balaban J connectivity index is 1.86. The van der Waals surface area contributed by atoms with Gasteiger partial charge in [0.25, 0.3) is 5.91 Å². The van der Waals surface area contributed by atoms with E-state index in [2.05, 4.69) is 15.6 Å². The third kappa shape index (κ3) is 4.88. The summed E-state index contributed by atoms with van der Waals surface area (Å²) in [6, 6.07) is 6.60. The summed E-state index contributed by atoms with van der Waals surface area (Å²) in [5, 5.41) is 6.00. The van der Waals surface area contributed by atoms with Crippen LogP contribution in [0.3, 0.4) is 0 Å². The van der Waals surface area contributed by atoms with Crippen molar-refractivity contribution in [3.05, 3.63) is 39.8 Å². The quantitative estimate of drug-likeness (QED) is 0.810. The topological polar surface area (TPSA) is 97.4 Å². The van der Waals surface area contributed by atoms with Crippen LogP contribution in [-0.4, -0.2) is 29.4 Å². The normalized spacial score (nSPS) is 10.1. The van der Waals surface area contributed by atoms with Crippen molar-refractivity contribution in [2.45, 2.75) is 20.8 Å². The molecule has 2 aromatic rings. The van der Waals surface area contributed by atoms with Gasteiger partial charge in [-0.05, 0) is 38.1 Å². The molecule has 0 bridgehead atoms. The van der Waals surface area contributed by atoms with E-state index in [-0.39, 0.29) is 12.5 Å². The predicted molar refractivity (Wildman–Crippen MR) is 91.2 cm³/mol. The zero-order chi connectivity index (χ0) is 17.7. The minimum atomic E-state index is -0.561. The minimum Gasteiger partial charge on any atom is -0.451 e. The smallest absolute Gasteiger partial charge is 0.350 e. The summed E-state index contributed by atoms with van der Waals surface area (Å²) in [6.45, 7) is 4.54. The lowest BCUT2D eigenvalue weighted by molar-refractivity contribution is -0.119. The third-order valence-electron chi connectivity index (χ3n) is 2.91. The average Bonchev–Trinajstić information content (AvgIpc) is 2.85. The molecule has 0 fully saturated rings. The van der Waals surface area contributed by atoms with Crippen molar-refractivity contribution < 1.29 is 19.1 Å². The number of anilines is 2. The van der Waals surface area contributed by atoms with Gasteiger partial charge in [0.1, 0.15) is 4.88 Å². The molecule has 1 aromatic heterocycles. The Bertz CT molecular complexity index is 768. The Morgan fingerprint density at radius 3 is 2.17 bits per heavy atom. The Kier molecular flexibility index (Phi) is 5.64. The fourth-order valence-electron chi connectivity index (χ4n) is 1.95. The summed E-state index contributed by atoms with van der Waals surface area (Å²) in [5.41, 5.74) is 1.76. The van der Waals surface area contributed by atoms with Crippen molar-refractivity contribution in [2.24, 2.45) is 0 Å². The highest BCUT2D eigenvalue weighted by Crippen LogP contribution is 2.18. The highest BCUT2D eigenvalue weighted by Gasteiger charge is 2.16. The molecule has 0 spiro atoms. The molecule has 0 aliphatic heterocycles. The lowest BCUT2D eigenvalue weighted by atomic mass is 10.2. The second-order valence-electron chi connectivity index (χ2n) is 5.03. The van der Waals surface area contributed by atoms with E-state index in [1.54, 1.807) is 38.1 Å². The molecule has 8 heteroatoms. The monoisotopic (exact) mass is 347 g/mol. The molecule has 1 aromatic carbocycles. The van der Waals surface area contributed by atoms with Crippen molar-refractivity contribution in [1.82, 2.24) is 4.98 Å². The summed E-state index contributed by atoms with van der Waals surface area (Å²) in [4.78, 5) is 39.2. The zero-order valence-corrected chi connectivity index (χ0v) is 14.3. The molecular formula is C16H17N3O4S. The lowest BCUT2D eigenvalue weighted by Gasteiger charge is -2.07. The maximum Gasteiger partial charge on any atom is 0.350 e. The van der Waals surface area contributed by atoms with Gasteiger partial charge in [0.05, 0.1) is 10.7 Å². The molecule has 0 aliphatic carbocycles. The van der Waals surface area contributed by atoms with Crippen LogP contribution >= 0.6 is 11.3 Å². The number of ether oxygens (including phenoxy) is 1. The number of nitrogens with one attached hydrogen (secondary N) is 2. The van der Waals surface area contributed by atoms with Crippen molar-refractivity contribution in [2.75, 3.05) is 17.2 Å². The molecule has 7 nitrogen and oxygen atoms in total. The summed E-state index contributed by atoms with van der Waals surface area (Å²) in [7, 11) is 0. The summed E-state index contributed by atoms with van der Waals surface area (Å²) < 4.78 is 5.00. The number of carbonyl (C=O) groups excluding carboxylic acids is 3. The predicted octanol–water partition coefficient (Wildman–Crippen LogP) is 2.51. The fraction of sp³-hybridized carbons (Fsp3) is 0.250. The van der Waals surface area contributed by atoms with E-state index in [0.717, 1.165) is 5.01 Å². The molecule has 0 unspecified atom stereocenters. The largest absolute Gasteiger partial charge is 0.451 e. The van der Waals surface area contributed by atoms with Crippen LogP contribution in [0.1, 0.15) is 27.3 Å². The van der Waals surface area contributed by atoms with Crippen LogP contribution in [0.4, 0.5) is 11.4 Å².